The van der Waals surface area contributed by atoms with Crippen molar-refractivity contribution < 1.29 is 5.11 Å². The van der Waals surface area contributed by atoms with Gasteiger partial charge in [0.15, 0.2) is 0 Å². The lowest BCUT2D eigenvalue weighted by Crippen LogP contribution is -2.36. The minimum absolute atomic E-state index is 0.104. The van der Waals surface area contributed by atoms with Crippen LogP contribution in [0.2, 0.25) is 0 Å². The fraction of sp³-hybridized carbons (Fsp3) is 0.733. The van der Waals surface area contributed by atoms with Crippen molar-refractivity contribution in [1.29, 1.82) is 0 Å². The number of rotatable bonds is 5. The summed E-state index contributed by atoms with van der Waals surface area (Å²) in [4.78, 5) is 3.88. The van der Waals surface area contributed by atoms with Gasteiger partial charge in [-0.2, -0.15) is 0 Å². The van der Waals surface area contributed by atoms with E-state index in [1.807, 2.05) is 11.3 Å². The molecule has 1 aromatic heterocycles. The molecule has 2 unspecified atom stereocenters. The average molecular weight is 267 g/mol. The van der Waals surface area contributed by atoms with Gasteiger partial charge in [0.25, 0.3) is 0 Å². The molecule has 2 rings (SSSR count). The predicted molar refractivity (Wildman–Crippen MR) is 77.8 cm³/mol. The maximum Gasteiger partial charge on any atom is 0.0631 e. The van der Waals surface area contributed by atoms with Crippen LogP contribution in [0.3, 0.4) is 0 Å². The lowest BCUT2D eigenvalue weighted by atomic mass is 9.87. The number of hydrogen-bond donors (Lipinski definition) is 1. The molecule has 3 heteroatoms. The first-order valence-electron chi connectivity index (χ1n) is 6.95. The third-order valence-electron chi connectivity index (χ3n) is 4.31. The second-order valence-electron chi connectivity index (χ2n) is 6.14. The van der Waals surface area contributed by atoms with E-state index in [-0.39, 0.29) is 11.5 Å². The molecule has 1 saturated carbocycles. The van der Waals surface area contributed by atoms with E-state index >= 15 is 0 Å². The van der Waals surface area contributed by atoms with E-state index in [9.17, 15) is 5.11 Å². The summed E-state index contributed by atoms with van der Waals surface area (Å²) in [7, 11) is 0. The molecule has 0 radical (unpaired) electrons. The summed E-state index contributed by atoms with van der Waals surface area (Å²) in [6, 6.07) is 4.31. The molecule has 1 fully saturated rings. The largest absolute Gasteiger partial charge is 0.392 e. The first kappa shape index (κ1) is 14.0. The molecule has 1 heterocycles. The molecule has 1 N–H and O–H groups in total. The third-order valence-corrected chi connectivity index (χ3v) is 5.17. The van der Waals surface area contributed by atoms with Gasteiger partial charge in [0.1, 0.15) is 0 Å². The quantitative estimate of drug-likeness (QED) is 0.884. The first-order chi connectivity index (χ1) is 8.53. The molecule has 0 aromatic carbocycles. The highest BCUT2D eigenvalue weighted by atomic mass is 32.1. The van der Waals surface area contributed by atoms with Gasteiger partial charge in [-0.3, -0.25) is 4.90 Å². The highest BCUT2D eigenvalue weighted by molar-refractivity contribution is 7.09. The Bertz CT molecular complexity index is 361. The summed E-state index contributed by atoms with van der Waals surface area (Å²) in [5, 5.41) is 12.5. The zero-order valence-corrected chi connectivity index (χ0v) is 12.5. The number of aliphatic hydroxyl groups is 1. The van der Waals surface area contributed by atoms with Crippen LogP contribution in [0.5, 0.6) is 0 Å². The molecule has 2 atom stereocenters. The summed E-state index contributed by atoms with van der Waals surface area (Å²) < 4.78 is 0. The highest BCUT2D eigenvalue weighted by Crippen LogP contribution is 2.41. The van der Waals surface area contributed by atoms with Crippen molar-refractivity contribution in [2.45, 2.75) is 46.3 Å². The van der Waals surface area contributed by atoms with Gasteiger partial charge in [-0.25, -0.2) is 0 Å². The fourth-order valence-electron chi connectivity index (χ4n) is 2.95. The van der Waals surface area contributed by atoms with Crippen LogP contribution >= 0.6 is 11.3 Å². The molecule has 18 heavy (non-hydrogen) atoms. The lowest BCUT2D eigenvalue weighted by molar-refractivity contribution is 0.0324. The molecule has 1 aliphatic carbocycles. The molecule has 0 spiro atoms. The van der Waals surface area contributed by atoms with Gasteiger partial charge in [0, 0.05) is 18.0 Å². The molecular formula is C15H25NOS. The van der Waals surface area contributed by atoms with E-state index in [0.29, 0.717) is 5.92 Å². The maximum atomic E-state index is 10.4. The third kappa shape index (κ3) is 3.14. The lowest BCUT2D eigenvalue weighted by Gasteiger charge is -2.29. The fourth-order valence-corrected chi connectivity index (χ4v) is 3.70. The zero-order valence-electron chi connectivity index (χ0n) is 11.7. The molecule has 0 saturated heterocycles. The molecule has 0 bridgehead atoms. The summed E-state index contributed by atoms with van der Waals surface area (Å²) in [5.41, 5.74) is 0.104. The zero-order chi connectivity index (χ0) is 13.2. The molecule has 2 nitrogen and oxygen atoms in total. The number of aliphatic hydroxyl groups excluding tert-OH is 1. The first-order valence-corrected chi connectivity index (χ1v) is 7.83. The van der Waals surface area contributed by atoms with E-state index in [4.69, 9.17) is 0 Å². The summed E-state index contributed by atoms with van der Waals surface area (Å²) in [5.74, 6) is 0.444. The van der Waals surface area contributed by atoms with Crippen LogP contribution in [0.1, 0.15) is 38.5 Å². The minimum Gasteiger partial charge on any atom is -0.392 e. The van der Waals surface area contributed by atoms with Crippen LogP contribution in [-0.4, -0.2) is 29.2 Å². The molecule has 0 amide bonds. The van der Waals surface area contributed by atoms with Crippen LogP contribution in [-0.2, 0) is 6.54 Å². The van der Waals surface area contributed by atoms with Gasteiger partial charge in [0.2, 0.25) is 0 Å². The number of thiophene rings is 1. The van der Waals surface area contributed by atoms with Gasteiger partial charge >= 0.3 is 0 Å². The number of hydrogen-bond acceptors (Lipinski definition) is 3. The summed E-state index contributed by atoms with van der Waals surface area (Å²) in [6.07, 6.45) is 2.17. The molecular weight excluding hydrogens is 242 g/mol. The van der Waals surface area contributed by atoms with Gasteiger partial charge in [0.05, 0.1) is 6.10 Å². The van der Waals surface area contributed by atoms with Gasteiger partial charge in [-0.05, 0) is 42.2 Å². The molecule has 0 aliphatic heterocycles. The average Bonchev–Trinajstić information content (AvgIpc) is 2.92. The Kier molecular flexibility index (Phi) is 4.46. The van der Waals surface area contributed by atoms with Gasteiger partial charge in [-0.1, -0.05) is 26.8 Å². The molecule has 1 aliphatic rings. The van der Waals surface area contributed by atoms with Crippen molar-refractivity contribution in [2.75, 3.05) is 13.1 Å². The summed E-state index contributed by atoms with van der Waals surface area (Å²) in [6.45, 7) is 9.69. The van der Waals surface area contributed by atoms with Crippen molar-refractivity contribution in [3.8, 4) is 0 Å². The Labute approximate surface area is 115 Å². The molecule has 1 aromatic rings. The number of nitrogens with zero attached hydrogens (tertiary/aromatic N) is 1. The van der Waals surface area contributed by atoms with E-state index < -0.39 is 0 Å². The normalized spacial score (nSPS) is 26.9. The van der Waals surface area contributed by atoms with E-state index in [2.05, 4.69) is 43.2 Å². The topological polar surface area (TPSA) is 23.5 Å². The van der Waals surface area contributed by atoms with Crippen molar-refractivity contribution in [1.82, 2.24) is 4.90 Å². The second kappa shape index (κ2) is 5.72. The van der Waals surface area contributed by atoms with E-state index in [1.165, 1.54) is 4.88 Å². The van der Waals surface area contributed by atoms with Crippen LogP contribution < -0.4 is 0 Å². The SMILES string of the molecule is CCN(Cc1cccs1)CC1CCC(C)(C)C1O. The van der Waals surface area contributed by atoms with Crippen molar-refractivity contribution in [3.63, 3.8) is 0 Å². The smallest absolute Gasteiger partial charge is 0.0631 e. The van der Waals surface area contributed by atoms with E-state index in [1.54, 1.807) is 0 Å². The van der Waals surface area contributed by atoms with Crippen molar-refractivity contribution >= 4 is 11.3 Å². The monoisotopic (exact) mass is 267 g/mol. The van der Waals surface area contributed by atoms with Gasteiger partial charge < -0.3 is 5.11 Å². The minimum atomic E-state index is -0.144. The standard InChI is InChI=1S/C15H25NOS/c1-4-16(11-13-6-5-9-18-13)10-12-7-8-15(2,3)14(12)17/h5-6,9,12,14,17H,4,7-8,10-11H2,1-3H3. The Hall–Kier alpha value is -0.380. The van der Waals surface area contributed by atoms with E-state index in [0.717, 1.165) is 32.5 Å². The van der Waals surface area contributed by atoms with Gasteiger partial charge in [-0.15, -0.1) is 11.3 Å². The summed E-state index contributed by atoms with van der Waals surface area (Å²) >= 11 is 1.82. The van der Waals surface area contributed by atoms with Crippen LogP contribution in [0.25, 0.3) is 0 Å². The van der Waals surface area contributed by atoms with Crippen molar-refractivity contribution in [3.05, 3.63) is 22.4 Å². The Morgan fingerprint density at radius 3 is 2.78 bits per heavy atom. The predicted octanol–water partition coefficient (Wildman–Crippen LogP) is 3.37. The highest BCUT2D eigenvalue weighted by Gasteiger charge is 2.40. The van der Waals surface area contributed by atoms with Crippen LogP contribution in [0.4, 0.5) is 0 Å². The van der Waals surface area contributed by atoms with Crippen LogP contribution in [0.15, 0.2) is 17.5 Å². The Morgan fingerprint density at radius 2 is 2.28 bits per heavy atom. The Morgan fingerprint density at radius 1 is 1.50 bits per heavy atom. The Balaban J connectivity index is 1.91. The maximum absolute atomic E-state index is 10.4. The van der Waals surface area contributed by atoms with Crippen molar-refractivity contribution in [2.24, 2.45) is 11.3 Å². The second-order valence-corrected chi connectivity index (χ2v) is 7.17. The van der Waals surface area contributed by atoms with Crippen LogP contribution in [0, 0.1) is 11.3 Å². The molecule has 102 valence electrons.